The van der Waals surface area contributed by atoms with E-state index in [4.69, 9.17) is 9.47 Å². The first kappa shape index (κ1) is 22.5. The lowest BCUT2D eigenvalue weighted by Crippen LogP contribution is -2.06. The molecule has 5 rings (SSSR count). The summed E-state index contributed by atoms with van der Waals surface area (Å²) in [5.41, 5.74) is 10.5. The zero-order valence-corrected chi connectivity index (χ0v) is 20.4. The van der Waals surface area contributed by atoms with Crippen LogP contribution in [0.15, 0.2) is 60.7 Å². The van der Waals surface area contributed by atoms with E-state index in [0.717, 1.165) is 25.0 Å². The van der Waals surface area contributed by atoms with E-state index >= 15 is 0 Å². The third-order valence-corrected chi connectivity index (χ3v) is 7.35. The Kier molecular flexibility index (Phi) is 6.03. The van der Waals surface area contributed by atoms with Crippen molar-refractivity contribution < 1.29 is 14.3 Å². The van der Waals surface area contributed by atoms with Crippen LogP contribution in [0.5, 0.6) is 5.75 Å². The maximum Gasteiger partial charge on any atom is 0.309 e. The fraction of sp³-hybridized carbons (Fsp3) is 0.323. The number of esters is 1. The Hall–Kier alpha value is -3.33. The molecule has 2 aliphatic carbocycles. The molecule has 3 atom stereocenters. The zero-order chi connectivity index (χ0) is 23.8. The van der Waals surface area contributed by atoms with Crippen LogP contribution in [-0.4, -0.2) is 13.1 Å². The molecule has 174 valence electrons. The number of aryl methyl sites for hydroxylation is 2. The third-order valence-electron chi connectivity index (χ3n) is 7.35. The number of fused-ring (bicyclic) bond motifs is 1. The minimum atomic E-state index is -0.107. The Balaban J connectivity index is 1.44. The van der Waals surface area contributed by atoms with Crippen molar-refractivity contribution in [2.45, 2.75) is 52.1 Å². The quantitative estimate of drug-likeness (QED) is 0.367. The van der Waals surface area contributed by atoms with Crippen molar-refractivity contribution in [3.05, 3.63) is 94.1 Å². The Morgan fingerprint density at radius 2 is 1.74 bits per heavy atom. The fourth-order valence-electron chi connectivity index (χ4n) is 5.60. The van der Waals surface area contributed by atoms with E-state index in [9.17, 15) is 4.79 Å². The molecule has 0 aliphatic heterocycles. The van der Waals surface area contributed by atoms with Crippen molar-refractivity contribution in [2.75, 3.05) is 7.11 Å². The molecule has 2 aliphatic rings. The number of carbonyl (C=O) groups is 1. The molecule has 0 bridgehead atoms. The van der Waals surface area contributed by atoms with Crippen LogP contribution < -0.4 is 4.74 Å². The van der Waals surface area contributed by atoms with Gasteiger partial charge in [-0.3, -0.25) is 4.79 Å². The highest BCUT2D eigenvalue weighted by atomic mass is 16.5. The number of carbonyl (C=O) groups excluding carboxylic acids is 1. The molecule has 0 saturated heterocycles. The van der Waals surface area contributed by atoms with Crippen LogP contribution in [0, 0.1) is 19.8 Å². The molecule has 3 aromatic rings. The summed E-state index contributed by atoms with van der Waals surface area (Å²) in [5, 5.41) is 0. The number of allylic oxidation sites excluding steroid dienone is 1. The lowest BCUT2D eigenvalue weighted by atomic mass is 9.88. The smallest absolute Gasteiger partial charge is 0.309 e. The summed E-state index contributed by atoms with van der Waals surface area (Å²) in [7, 11) is 1.46. The predicted octanol–water partition coefficient (Wildman–Crippen LogP) is 7.35. The van der Waals surface area contributed by atoms with Crippen LogP contribution >= 0.6 is 0 Å². The van der Waals surface area contributed by atoms with Gasteiger partial charge in [0.15, 0.2) is 0 Å². The molecule has 0 aromatic heterocycles. The topological polar surface area (TPSA) is 35.5 Å². The van der Waals surface area contributed by atoms with Gasteiger partial charge >= 0.3 is 5.97 Å². The molecule has 0 amide bonds. The van der Waals surface area contributed by atoms with Gasteiger partial charge in [0, 0.05) is 5.56 Å². The predicted molar refractivity (Wildman–Crippen MR) is 137 cm³/mol. The van der Waals surface area contributed by atoms with Crippen molar-refractivity contribution in [1.82, 2.24) is 0 Å². The van der Waals surface area contributed by atoms with Gasteiger partial charge in [0.2, 0.25) is 0 Å². The molecule has 3 heteroatoms. The minimum Gasteiger partial charge on any atom is -0.486 e. The van der Waals surface area contributed by atoms with Crippen molar-refractivity contribution in [3.8, 4) is 16.9 Å². The zero-order valence-electron chi connectivity index (χ0n) is 20.4. The average molecular weight is 453 g/mol. The highest BCUT2D eigenvalue weighted by molar-refractivity contribution is 5.78. The summed E-state index contributed by atoms with van der Waals surface area (Å²) in [4.78, 5) is 11.8. The third kappa shape index (κ3) is 4.04. The van der Waals surface area contributed by atoms with Crippen LogP contribution in [0.4, 0.5) is 0 Å². The molecular weight excluding hydrogens is 420 g/mol. The highest BCUT2D eigenvalue weighted by Crippen LogP contribution is 2.49. The average Bonchev–Trinajstić information content (AvgIpc) is 3.53. The number of ether oxygens (including phenoxy) is 2. The normalized spacial score (nSPS) is 20.9. The Labute approximate surface area is 202 Å². The molecule has 3 aromatic carbocycles. The standard InChI is InChI=1S/C31H32O3/c1-5-7-22-12-15-24(29-19(2)8-6-9-20(29)3)25-16-17-28(30(22)25)34-23-13-10-21(11-14-23)26-18-27(26)31(32)33-4/h5-15,26-28H,16-18H2,1-4H3. The van der Waals surface area contributed by atoms with Crippen LogP contribution in [0.2, 0.25) is 0 Å². The highest BCUT2D eigenvalue weighted by Gasteiger charge is 2.44. The van der Waals surface area contributed by atoms with Crippen LogP contribution in [-0.2, 0) is 16.0 Å². The molecular formula is C31H32O3. The van der Waals surface area contributed by atoms with E-state index in [1.165, 1.54) is 51.6 Å². The number of rotatable bonds is 6. The fourth-order valence-corrected chi connectivity index (χ4v) is 5.60. The molecule has 0 N–H and O–H groups in total. The SMILES string of the molecule is CC=Cc1ccc(-c2c(C)cccc2C)c2c1C(Oc1ccc(C3CC3C(=O)OC)cc1)CC2. The van der Waals surface area contributed by atoms with Crippen molar-refractivity contribution >= 4 is 12.0 Å². The maximum absolute atomic E-state index is 11.8. The molecule has 1 saturated carbocycles. The van der Waals surface area contributed by atoms with Gasteiger partial charge in [0.05, 0.1) is 13.0 Å². The van der Waals surface area contributed by atoms with Gasteiger partial charge in [0.1, 0.15) is 11.9 Å². The van der Waals surface area contributed by atoms with Gasteiger partial charge in [0.25, 0.3) is 0 Å². The molecule has 0 heterocycles. The molecule has 3 nitrogen and oxygen atoms in total. The van der Waals surface area contributed by atoms with Crippen molar-refractivity contribution in [1.29, 1.82) is 0 Å². The summed E-state index contributed by atoms with van der Waals surface area (Å²) < 4.78 is 11.5. The second-order valence-corrected chi connectivity index (χ2v) is 9.55. The first-order chi connectivity index (χ1) is 16.5. The van der Waals surface area contributed by atoms with E-state index in [1.807, 2.05) is 12.1 Å². The summed E-state index contributed by atoms with van der Waals surface area (Å²) in [6.45, 7) is 6.46. The van der Waals surface area contributed by atoms with Gasteiger partial charge in [-0.25, -0.2) is 0 Å². The van der Waals surface area contributed by atoms with Gasteiger partial charge < -0.3 is 9.47 Å². The number of methoxy groups -OCH3 is 1. The molecule has 0 spiro atoms. The summed E-state index contributed by atoms with van der Waals surface area (Å²) >= 11 is 0. The second-order valence-electron chi connectivity index (χ2n) is 9.55. The maximum atomic E-state index is 11.8. The van der Waals surface area contributed by atoms with Crippen LogP contribution in [0.25, 0.3) is 17.2 Å². The van der Waals surface area contributed by atoms with Gasteiger partial charge in [-0.15, -0.1) is 0 Å². The molecule has 34 heavy (non-hydrogen) atoms. The van der Waals surface area contributed by atoms with Gasteiger partial charge in [-0.1, -0.05) is 54.6 Å². The van der Waals surface area contributed by atoms with Crippen molar-refractivity contribution in [2.24, 2.45) is 5.92 Å². The Morgan fingerprint density at radius 3 is 2.41 bits per heavy atom. The number of hydrogen-bond donors (Lipinski definition) is 0. The van der Waals surface area contributed by atoms with E-state index < -0.39 is 0 Å². The second kappa shape index (κ2) is 9.13. The van der Waals surface area contributed by atoms with Crippen LogP contribution in [0.1, 0.15) is 65.2 Å². The van der Waals surface area contributed by atoms with E-state index in [2.05, 4.69) is 75.4 Å². The van der Waals surface area contributed by atoms with E-state index in [0.29, 0.717) is 0 Å². The Morgan fingerprint density at radius 1 is 1.00 bits per heavy atom. The molecule has 3 unspecified atom stereocenters. The first-order valence-corrected chi connectivity index (χ1v) is 12.2. The van der Waals surface area contributed by atoms with E-state index in [1.54, 1.807) is 0 Å². The summed E-state index contributed by atoms with van der Waals surface area (Å²) in [5.74, 6) is 1.05. The van der Waals surface area contributed by atoms with Gasteiger partial charge in [-0.2, -0.15) is 0 Å². The van der Waals surface area contributed by atoms with Crippen LogP contribution in [0.3, 0.4) is 0 Å². The first-order valence-electron chi connectivity index (χ1n) is 12.2. The summed E-state index contributed by atoms with van der Waals surface area (Å²) in [6.07, 6.45) is 7.17. The molecule has 1 fully saturated rings. The number of benzene rings is 3. The summed E-state index contributed by atoms with van der Waals surface area (Å²) in [6, 6.07) is 19.3. The van der Waals surface area contributed by atoms with Crippen molar-refractivity contribution in [3.63, 3.8) is 0 Å². The monoisotopic (exact) mass is 452 g/mol. The van der Waals surface area contributed by atoms with Gasteiger partial charge in [-0.05, 0) is 97.0 Å². The molecule has 0 radical (unpaired) electrons. The lowest BCUT2D eigenvalue weighted by Gasteiger charge is -2.20. The lowest BCUT2D eigenvalue weighted by molar-refractivity contribution is -0.142. The largest absolute Gasteiger partial charge is 0.486 e. The number of hydrogen-bond acceptors (Lipinski definition) is 3. The van der Waals surface area contributed by atoms with E-state index in [-0.39, 0.29) is 23.9 Å². The Bertz CT molecular complexity index is 1230. The minimum absolute atomic E-state index is 0.00480.